The Morgan fingerprint density at radius 2 is 1.88 bits per heavy atom. The van der Waals surface area contributed by atoms with Gasteiger partial charge in [-0.25, -0.2) is 4.79 Å². The fraction of sp³-hybridized carbons (Fsp3) is 0.182. The van der Waals surface area contributed by atoms with Gasteiger partial charge in [0, 0.05) is 10.6 Å². The minimum atomic E-state index is -0.998. The van der Waals surface area contributed by atoms with E-state index in [4.69, 9.17) is 44.6 Å². The maximum absolute atomic E-state index is 10.5. The maximum atomic E-state index is 10.5. The highest BCUT2D eigenvalue weighted by Crippen LogP contribution is 2.35. The third kappa shape index (κ3) is 4.11. The summed E-state index contributed by atoms with van der Waals surface area (Å²) in [5.41, 5.74) is 0.186. The third-order valence-corrected chi connectivity index (χ3v) is 2.70. The van der Waals surface area contributed by atoms with Gasteiger partial charge in [-0.3, -0.25) is 0 Å². The van der Waals surface area contributed by atoms with Crippen LogP contribution in [0.5, 0.6) is 5.75 Å². The Bertz CT molecular complexity index is 446. The first kappa shape index (κ1) is 14.2. The van der Waals surface area contributed by atoms with Crippen molar-refractivity contribution >= 4 is 40.8 Å². The van der Waals surface area contributed by atoms with Crippen LogP contribution in [0.4, 0.5) is 0 Å². The van der Waals surface area contributed by atoms with Gasteiger partial charge in [-0.15, -0.1) is 0 Å². The van der Waals surface area contributed by atoms with E-state index in [1.807, 2.05) is 0 Å². The molecule has 0 aromatic heterocycles. The molecule has 0 aliphatic heterocycles. The number of benzene rings is 1. The van der Waals surface area contributed by atoms with E-state index in [2.05, 4.69) is 0 Å². The summed E-state index contributed by atoms with van der Waals surface area (Å²) in [7, 11) is 0. The van der Waals surface area contributed by atoms with E-state index in [1.165, 1.54) is 25.1 Å². The molecule has 1 rings (SSSR count). The summed E-state index contributed by atoms with van der Waals surface area (Å²) in [4.78, 5) is 10.5. The van der Waals surface area contributed by atoms with Crippen LogP contribution in [0.2, 0.25) is 15.1 Å². The number of ether oxygens (including phenoxy) is 1. The minimum absolute atomic E-state index is 0.0687. The van der Waals surface area contributed by atoms with Crippen molar-refractivity contribution in [1.82, 2.24) is 0 Å². The highest BCUT2D eigenvalue weighted by molar-refractivity contribution is 6.40. The van der Waals surface area contributed by atoms with Crippen molar-refractivity contribution in [3.8, 4) is 5.75 Å². The van der Waals surface area contributed by atoms with E-state index in [1.54, 1.807) is 0 Å². The third-order valence-electron chi connectivity index (χ3n) is 1.92. The number of carboxylic acids is 1. The van der Waals surface area contributed by atoms with Gasteiger partial charge in [0.25, 0.3) is 0 Å². The summed E-state index contributed by atoms with van der Waals surface area (Å²) < 4.78 is 5.28. The molecule has 0 atom stereocenters. The molecule has 0 fully saturated rings. The fourth-order valence-electron chi connectivity index (χ4n) is 1.00. The van der Waals surface area contributed by atoms with Crippen LogP contribution in [0.1, 0.15) is 6.92 Å². The Balaban J connectivity index is 2.77. The second kappa shape index (κ2) is 6.15. The fourth-order valence-corrected chi connectivity index (χ4v) is 1.93. The number of carbonyl (C=O) groups is 1. The lowest BCUT2D eigenvalue weighted by atomic mass is 10.3. The van der Waals surface area contributed by atoms with Crippen LogP contribution in [0.25, 0.3) is 0 Å². The predicted octanol–water partition coefficient (Wildman–Crippen LogP) is 4.06. The van der Waals surface area contributed by atoms with Crippen molar-refractivity contribution in [2.75, 3.05) is 6.61 Å². The standard InChI is InChI=1S/C11H9Cl3O3/c1-6(11(15)16)2-3-17-10-8(13)4-7(12)5-9(10)14/h2,4-5H,3H2,1H3,(H,15,16). The monoisotopic (exact) mass is 294 g/mol. The summed E-state index contributed by atoms with van der Waals surface area (Å²) in [6.07, 6.45) is 1.42. The van der Waals surface area contributed by atoms with Crippen LogP contribution in [-0.2, 0) is 4.79 Å². The summed E-state index contributed by atoms with van der Waals surface area (Å²) in [5.74, 6) is -0.714. The number of aliphatic carboxylic acids is 1. The van der Waals surface area contributed by atoms with Crippen LogP contribution in [0.15, 0.2) is 23.8 Å². The van der Waals surface area contributed by atoms with Crippen LogP contribution >= 0.6 is 34.8 Å². The van der Waals surface area contributed by atoms with Gasteiger partial charge in [0.1, 0.15) is 6.61 Å². The second-order valence-corrected chi connectivity index (χ2v) is 4.45. The Morgan fingerprint density at radius 3 is 2.35 bits per heavy atom. The summed E-state index contributed by atoms with van der Waals surface area (Å²) in [6.45, 7) is 1.54. The number of carboxylic acid groups (broad SMARTS) is 1. The number of rotatable bonds is 4. The number of halogens is 3. The van der Waals surface area contributed by atoms with Gasteiger partial charge in [0.2, 0.25) is 0 Å². The molecule has 0 saturated carbocycles. The molecule has 1 aromatic carbocycles. The molecule has 0 aliphatic rings. The Morgan fingerprint density at radius 1 is 1.35 bits per heavy atom. The summed E-state index contributed by atoms with van der Waals surface area (Å²) in [5, 5.41) is 9.60. The molecule has 0 radical (unpaired) electrons. The molecule has 0 bridgehead atoms. The molecule has 92 valence electrons. The van der Waals surface area contributed by atoms with Crippen molar-refractivity contribution in [2.24, 2.45) is 0 Å². The first-order valence-electron chi connectivity index (χ1n) is 4.59. The highest BCUT2D eigenvalue weighted by atomic mass is 35.5. The first-order chi connectivity index (χ1) is 7.91. The van der Waals surface area contributed by atoms with Crippen molar-refractivity contribution in [3.05, 3.63) is 38.8 Å². The van der Waals surface area contributed by atoms with Gasteiger partial charge < -0.3 is 9.84 Å². The second-order valence-electron chi connectivity index (χ2n) is 3.20. The Kier molecular flexibility index (Phi) is 5.12. The highest BCUT2D eigenvalue weighted by Gasteiger charge is 2.08. The van der Waals surface area contributed by atoms with Gasteiger partial charge in [-0.05, 0) is 25.1 Å². The zero-order valence-corrected chi connectivity index (χ0v) is 11.1. The lowest BCUT2D eigenvalue weighted by Crippen LogP contribution is -2.01. The lowest BCUT2D eigenvalue weighted by molar-refractivity contribution is -0.132. The molecule has 0 unspecified atom stereocenters. The van der Waals surface area contributed by atoms with Gasteiger partial charge in [0.05, 0.1) is 10.0 Å². The molecule has 17 heavy (non-hydrogen) atoms. The topological polar surface area (TPSA) is 46.5 Å². The molecular weight excluding hydrogens is 286 g/mol. The van der Waals surface area contributed by atoms with Gasteiger partial charge >= 0.3 is 5.97 Å². The van der Waals surface area contributed by atoms with Crippen molar-refractivity contribution < 1.29 is 14.6 Å². The van der Waals surface area contributed by atoms with E-state index >= 15 is 0 Å². The van der Waals surface area contributed by atoms with Gasteiger partial charge in [0.15, 0.2) is 5.75 Å². The summed E-state index contributed by atoms with van der Waals surface area (Å²) in [6, 6.07) is 3.00. The molecule has 0 aliphatic carbocycles. The van der Waals surface area contributed by atoms with Gasteiger partial charge in [-0.1, -0.05) is 34.8 Å². The zero-order chi connectivity index (χ0) is 13.0. The van der Waals surface area contributed by atoms with Crippen LogP contribution in [0.3, 0.4) is 0 Å². The molecule has 1 aromatic rings. The summed E-state index contributed by atoms with van der Waals surface area (Å²) >= 11 is 17.5. The van der Waals surface area contributed by atoms with Crippen LogP contribution in [0, 0.1) is 0 Å². The van der Waals surface area contributed by atoms with Crippen molar-refractivity contribution in [1.29, 1.82) is 0 Å². The number of hydrogen-bond acceptors (Lipinski definition) is 2. The number of hydrogen-bond donors (Lipinski definition) is 1. The lowest BCUT2D eigenvalue weighted by Gasteiger charge is -2.08. The average molecular weight is 296 g/mol. The van der Waals surface area contributed by atoms with E-state index in [0.29, 0.717) is 5.02 Å². The van der Waals surface area contributed by atoms with E-state index in [9.17, 15) is 4.79 Å². The van der Waals surface area contributed by atoms with E-state index in [0.717, 1.165) is 0 Å². The zero-order valence-electron chi connectivity index (χ0n) is 8.84. The molecule has 0 heterocycles. The van der Waals surface area contributed by atoms with Crippen LogP contribution in [-0.4, -0.2) is 17.7 Å². The van der Waals surface area contributed by atoms with E-state index < -0.39 is 5.97 Å². The van der Waals surface area contributed by atoms with Crippen molar-refractivity contribution in [3.63, 3.8) is 0 Å². The first-order valence-corrected chi connectivity index (χ1v) is 5.72. The Labute approximate surface area is 114 Å². The van der Waals surface area contributed by atoms with Crippen molar-refractivity contribution in [2.45, 2.75) is 6.92 Å². The molecule has 3 nitrogen and oxygen atoms in total. The maximum Gasteiger partial charge on any atom is 0.331 e. The molecular formula is C11H9Cl3O3. The Hall–Kier alpha value is -0.900. The molecule has 0 amide bonds. The largest absolute Gasteiger partial charge is 0.486 e. The quantitative estimate of drug-likeness (QED) is 0.852. The molecule has 1 N–H and O–H groups in total. The molecule has 6 heteroatoms. The molecule has 0 spiro atoms. The van der Waals surface area contributed by atoms with Gasteiger partial charge in [-0.2, -0.15) is 0 Å². The van der Waals surface area contributed by atoms with Crippen LogP contribution < -0.4 is 4.74 Å². The minimum Gasteiger partial charge on any atom is -0.486 e. The predicted molar refractivity (Wildman–Crippen MR) is 68.4 cm³/mol. The van der Waals surface area contributed by atoms with E-state index in [-0.39, 0.29) is 28.0 Å². The normalized spacial score (nSPS) is 11.4. The molecule has 0 saturated heterocycles. The smallest absolute Gasteiger partial charge is 0.331 e. The average Bonchev–Trinajstić information content (AvgIpc) is 2.21. The SMILES string of the molecule is CC(=CCOc1c(Cl)cc(Cl)cc1Cl)C(=O)O.